The van der Waals surface area contributed by atoms with Gasteiger partial charge in [0.05, 0.1) is 19.8 Å². The number of nitrogens with two attached hydrogens (primary N) is 1. The van der Waals surface area contributed by atoms with Crippen molar-refractivity contribution < 1.29 is 32.8 Å². The minimum atomic E-state index is -4.29. The van der Waals surface area contributed by atoms with Gasteiger partial charge in [-0.05, 0) is 51.4 Å². The van der Waals surface area contributed by atoms with Crippen molar-refractivity contribution in [1.82, 2.24) is 0 Å². The number of rotatable bonds is 41. The van der Waals surface area contributed by atoms with Crippen LogP contribution in [0, 0.1) is 0 Å². The SMILES string of the molecule is CC/C=C\C/C=C\C/C=C\C/C=C\CCCCC(=O)OC(COCCCCCCCCCCCCCCCCCCCCC)COP(=O)(O)OCCN. The summed E-state index contributed by atoms with van der Waals surface area (Å²) in [5.74, 6) is -0.369. The summed E-state index contributed by atoms with van der Waals surface area (Å²) in [6.07, 6.45) is 48.5. The molecule has 0 radical (unpaired) electrons. The molecular formula is C44H82NO7P. The van der Waals surface area contributed by atoms with Gasteiger partial charge in [0.25, 0.3) is 0 Å². The summed E-state index contributed by atoms with van der Waals surface area (Å²) in [6.45, 7) is 4.77. The molecule has 0 spiro atoms. The predicted molar refractivity (Wildman–Crippen MR) is 224 cm³/mol. The fourth-order valence-electron chi connectivity index (χ4n) is 5.87. The standard InChI is InChI=1S/C44H82NO7P/c1-3-5-7-9-11-13-15-17-19-20-21-22-24-26-28-30-32-34-36-39-49-41-43(42-51-53(47,48)50-40-38-45)52-44(46)37-35-33-31-29-27-25-23-18-16-14-12-10-8-6-4-2/h6,8,12,14,18,23,27,29,43H,3-5,7,9-11,13,15-17,19-22,24-26,28,30-42,45H2,1-2H3,(H,47,48)/b8-6-,14-12-,23-18-,29-27-. The van der Waals surface area contributed by atoms with Crippen molar-refractivity contribution in [1.29, 1.82) is 0 Å². The molecule has 0 saturated heterocycles. The van der Waals surface area contributed by atoms with Gasteiger partial charge >= 0.3 is 13.8 Å². The highest BCUT2D eigenvalue weighted by molar-refractivity contribution is 7.47. The summed E-state index contributed by atoms with van der Waals surface area (Å²) >= 11 is 0. The van der Waals surface area contributed by atoms with E-state index in [1.54, 1.807) is 0 Å². The fraction of sp³-hybridized carbons (Fsp3) is 0.795. The number of carbonyl (C=O) groups is 1. The predicted octanol–water partition coefficient (Wildman–Crippen LogP) is 12.8. The van der Waals surface area contributed by atoms with E-state index in [1.807, 2.05) is 0 Å². The first kappa shape index (κ1) is 51.5. The number of allylic oxidation sites excluding steroid dienone is 8. The Labute approximate surface area is 326 Å². The number of hydrogen-bond acceptors (Lipinski definition) is 7. The summed E-state index contributed by atoms with van der Waals surface area (Å²) in [5.41, 5.74) is 5.36. The first-order valence-corrected chi connectivity index (χ1v) is 23.1. The second kappa shape index (κ2) is 41.6. The molecule has 0 rings (SSSR count). The average Bonchev–Trinajstić information content (AvgIpc) is 3.15. The molecule has 0 heterocycles. The molecule has 53 heavy (non-hydrogen) atoms. The van der Waals surface area contributed by atoms with Crippen molar-refractivity contribution in [3.63, 3.8) is 0 Å². The lowest BCUT2D eigenvalue weighted by Gasteiger charge is -2.20. The van der Waals surface area contributed by atoms with Crippen molar-refractivity contribution in [3.05, 3.63) is 48.6 Å². The Hall–Kier alpha value is -1.54. The van der Waals surface area contributed by atoms with E-state index in [1.165, 1.54) is 109 Å². The van der Waals surface area contributed by atoms with Crippen LogP contribution >= 0.6 is 7.82 Å². The molecule has 0 fully saturated rings. The summed E-state index contributed by atoms with van der Waals surface area (Å²) in [7, 11) is -4.29. The molecular weight excluding hydrogens is 685 g/mol. The maximum atomic E-state index is 12.6. The van der Waals surface area contributed by atoms with Crippen LogP contribution in [0.25, 0.3) is 0 Å². The zero-order chi connectivity index (χ0) is 38.8. The number of phosphoric ester groups is 1. The van der Waals surface area contributed by atoms with Gasteiger partial charge < -0.3 is 20.1 Å². The lowest BCUT2D eigenvalue weighted by Crippen LogP contribution is -2.28. The van der Waals surface area contributed by atoms with E-state index >= 15 is 0 Å². The summed E-state index contributed by atoms with van der Waals surface area (Å²) < 4.78 is 33.4. The van der Waals surface area contributed by atoms with Crippen molar-refractivity contribution in [2.24, 2.45) is 5.73 Å². The van der Waals surface area contributed by atoms with Crippen LogP contribution in [0.4, 0.5) is 0 Å². The van der Waals surface area contributed by atoms with Gasteiger partial charge in [-0.3, -0.25) is 13.8 Å². The minimum Gasteiger partial charge on any atom is -0.457 e. The lowest BCUT2D eigenvalue weighted by molar-refractivity contribution is -0.154. The maximum Gasteiger partial charge on any atom is 0.472 e. The van der Waals surface area contributed by atoms with Crippen LogP contribution in [0.3, 0.4) is 0 Å². The second-order valence-electron chi connectivity index (χ2n) is 14.2. The molecule has 0 aromatic rings. The quantitative estimate of drug-likeness (QED) is 0.0273. The first-order valence-electron chi connectivity index (χ1n) is 21.6. The number of esters is 1. The van der Waals surface area contributed by atoms with Gasteiger partial charge in [-0.2, -0.15) is 0 Å². The van der Waals surface area contributed by atoms with Gasteiger partial charge in [0.15, 0.2) is 0 Å². The Morgan fingerprint density at radius 1 is 0.585 bits per heavy atom. The zero-order valence-electron chi connectivity index (χ0n) is 34.2. The molecule has 0 aliphatic rings. The highest BCUT2D eigenvalue weighted by atomic mass is 31.2. The van der Waals surface area contributed by atoms with Gasteiger partial charge in [-0.15, -0.1) is 0 Å². The molecule has 310 valence electrons. The van der Waals surface area contributed by atoms with Crippen LogP contribution in [-0.4, -0.2) is 49.9 Å². The maximum absolute atomic E-state index is 12.6. The molecule has 8 nitrogen and oxygen atoms in total. The Balaban J connectivity index is 4.05. The molecule has 0 aliphatic heterocycles. The number of unbranched alkanes of at least 4 members (excludes halogenated alkanes) is 20. The summed E-state index contributed by atoms with van der Waals surface area (Å²) in [6, 6.07) is 0. The van der Waals surface area contributed by atoms with E-state index in [-0.39, 0.29) is 38.8 Å². The highest BCUT2D eigenvalue weighted by Gasteiger charge is 2.25. The van der Waals surface area contributed by atoms with Gasteiger partial charge in [0.2, 0.25) is 0 Å². The first-order chi connectivity index (χ1) is 25.9. The summed E-state index contributed by atoms with van der Waals surface area (Å²) in [5, 5.41) is 0. The molecule has 0 saturated carbocycles. The van der Waals surface area contributed by atoms with E-state index in [4.69, 9.17) is 24.3 Å². The number of phosphoric acid groups is 1. The second-order valence-corrected chi connectivity index (χ2v) is 15.6. The molecule has 2 unspecified atom stereocenters. The van der Waals surface area contributed by atoms with Crippen LogP contribution in [0.1, 0.15) is 187 Å². The molecule has 0 aliphatic carbocycles. The average molecular weight is 768 g/mol. The van der Waals surface area contributed by atoms with Crippen LogP contribution < -0.4 is 5.73 Å². The third-order valence-electron chi connectivity index (χ3n) is 9.01. The fourth-order valence-corrected chi connectivity index (χ4v) is 6.64. The molecule has 0 aromatic heterocycles. The van der Waals surface area contributed by atoms with E-state index in [0.717, 1.165) is 51.4 Å². The van der Waals surface area contributed by atoms with Gasteiger partial charge in [0.1, 0.15) is 6.10 Å². The summed E-state index contributed by atoms with van der Waals surface area (Å²) in [4.78, 5) is 22.4. The minimum absolute atomic E-state index is 0.0930. The zero-order valence-corrected chi connectivity index (χ0v) is 35.1. The van der Waals surface area contributed by atoms with Gasteiger partial charge in [0, 0.05) is 19.6 Å². The normalized spacial score (nSPS) is 14.0. The van der Waals surface area contributed by atoms with Crippen molar-refractivity contribution in [2.75, 3.05) is 33.0 Å². The number of carbonyl (C=O) groups excluding carboxylic acids is 1. The molecule has 2 atom stereocenters. The topological polar surface area (TPSA) is 117 Å². The number of hydrogen-bond donors (Lipinski definition) is 2. The van der Waals surface area contributed by atoms with Crippen LogP contribution in [0.5, 0.6) is 0 Å². The van der Waals surface area contributed by atoms with Crippen LogP contribution in [0.2, 0.25) is 0 Å². The third-order valence-corrected chi connectivity index (χ3v) is 9.99. The Morgan fingerprint density at radius 3 is 1.55 bits per heavy atom. The molecule has 3 N–H and O–H groups in total. The van der Waals surface area contributed by atoms with Gasteiger partial charge in [-0.1, -0.05) is 178 Å². The van der Waals surface area contributed by atoms with E-state index < -0.39 is 13.9 Å². The van der Waals surface area contributed by atoms with E-state index in [9.17, 15) is 14.3 Å². The molecule has 0 amide bonds. The van der Waals surface area contributed by atoms with Crippen LogP contribution in [-0.2, 0) is 27.9 Å². The smallest absolute Gasteiger partial charge is 0.457 e. The third kappa shape index (κ3) is 41.5. The van der Waals surface area contributed by atoms with E-state index in [0.29, 0.717) is 13.0 Å². The molecule has 0 aromatic carbocycles. The molecule has 9 heteroatoms. The molecule has 0 bridgehead atoms. The van der Waals surface area contributed by atoms with E-state index in [2.05, 4.69) is 62.5 Å². The Morgan fingerprint density at radius 2 is 1.06 bits per heavy atom. The van der Waals surface area contributed by atoms with Crippen LogP contribution in [0.15, 0.2) is 48.6 Å². The largest absolute Gasteiger partial charge is 0.472 e. The van der Waals surface area contributed by atoms with Crippen molar-refractivity contribution >= 4 is 13.8 Å². The Bertz CT molecular complexity index is 952. The van der Waals surface area contributed by atoms with Gasteiger partial charge in [-0.25, -0.2) is 4.57 Å². The van der Waals surface area contributed by atoms with Crippen molar-refractivity contribution in [2.45, 2.75) is 193 Å². The van der Waals surface area contributed by atoms with Crippen molar-refractivity contribution in [3.8, 4) is 0 Å². The highest BCUT2D eigenvalue weighted by Crippen LogP contribution is 2.43. The monoisotopic (exact) mass is 768 g/mol. The lowest BCUT2D eigenvalue weighted by atomic mass is 10.0. The number of ether oxygens (including phenoxy) is 2. The Kier molecular flexibility index (Phi) is 40.4.